The Hall–Kier alpha value is -2.42. The molecule has 0 radical (unpaired) electrons. The van der Waals surface area contributed by atoms with E-state index in [4.69, 9.17) is 10.7 Å². The van der Waals surface area contributed by atoms with Gasteiger partial charge in [0.25, 0.3) is 0 Å². The van der Waals surface area contributed by atoms with Crippen LogP contribution in [0.15, 0.2) is 36.7 Å². The van der Waals surface area contributed by atoms with Crippen molar-refractivity contribution in [3.63, 3.8) is 0 Å². The summed E-state index contributed by atoms with van der Waals surface area (Å²) in [5.74, 6) is 2.03. The summed E-state index contributed by atoms with van der Waals surface area (Å²) < 4.78 is 0. The lowest BCUT2D eigenvalue weighted by molar-refractivity contribution is 0.657. The lowest BCUT2D eigenvalue weighted by atomic mass is 9.66. The minimum Gasteiger partial charge on any atom is -0.385 e. The molecule has 126 valence electrons. The predicted octanol–water partition coefficient (Wildman–Crippen LogP) is 2.76. The van der Waals surface area contributed by atoms with Gasteiger partial charge in [0.05, 0.1) is 11.5 Å². The van der Waals surface area contributed by atoms with Crippen LogP contribution in [0, 0.1) is 11.3 Å². The normalized spacial score (nSPS) is 18.5. The number of nitriles is 1. The molecule has 1 unspecified atom stereocenters. The second-order valence-corrected chi connectivity index (χ2v) is 6.86. The van der Waals surface area contributed by atoms with Crippen LogP contribution in [0.5, 0.6) is 0 Å². The maximum Gasteiger partial charge on any atom is 0.134 e. The topological polar surface area (TPSA) is 78.0 Å². The molecule has 6 heteroatoms. The highest BCUT2D eigenvalue weighted by atomic mass is 15.2. The lowest BCUT2D eigenvalue weighted by Gasteiger charge is -2.35. The summed E-state index contributed by atoms with van der Waals surface area (Å²) in [5, 5.41) is 12.6. The molecule has 1 aromatic rings. The zero-order valence-corrected chi connectivity index (χ0v) is 14.8. The first-order valence-electron chi connectivity index (χ1n) is 8.43. The van der Waals surface area contributed by atoms with Gasteiger partial charge in [-0.15, -0.1) is 0 Å². The fourth-order valence-corrected chi connectivity index (χ4v) is 2.91. The molecule has 0 aliphatic carbocycles. The number of nitrogens with two attached hydrogens (primary N) is 1. The summed E-state index contributed by atoms with van der Waals surface area (Å²) in [6, 6.07) is 6.74. The van der Waals surface area contributed by atoms with E-state index in [1.54, 1.807) is 12.2 Å². The lowest BCUT2D eigenvalue weighted by Crippen LogP contribution is -2.40. The van der Waals surface area contributed by atoms with Crippen LogP contribution in [0.1, 0.15) is 26.3 Å². The van der Waals surface area contributed by atoms with Gasteiger partial charge in [0.2, 0.25) is 0 Å². The molecule has 1 fully saturated rings. The summed E-state index contributed by atoms with van der Waals surface area (Å²) in [5.41, 5.74) is 6.26. The molecule has 0 aromatic carbocycles. The number of aromatic nitrogens is 1. The van der Waals surface area contributed by atoms with Gasteiger partial charge < -0.3 is 16.0 Å². The largest absolute Gasteiger partial charge is 0.385 e. The Balaban J connectivity index is 2.46. The smallest absolute Gasteiger partial charge is 0.134 e. The van der Waals surface area contributed by atoms with Crippen LogP contribution in [-0.4, -0.2) is 24.9 Å². The number of rotatable bonds is 5. The molecule has 1 aliphatic rings. The summed E-state index contributed by atoms with van der Waals surface area (Å²) in [7, 11) is 1.25. The molecule has 0 amide bonds. The second kappa shape index (κ2) is 7.44. The van der Waals surface area contributed by atoms with Crippen LogP contribution < -0.4 is 16.0 Å². The van der Waals surface area contributed by atoms with Gasteiger partial charge >= 0.3 is 0 Å². The summed E-state index contributed by atoms with van der Waals surface area (Å²) in [6.45, 7) is 10.7. The number of hydrogen-bond acceptors (Lipinski definition) is 5. The van der Waals surface area contributed by atoms with E-state index >= 15 is 0 Å². The number of pyridine rings is 1. The van der Waals surface area contributed by atoms with Gasteiger partial charge in [0.1, 0.15) is 24.7 Å². The van der Waals surface area contributed by atoms with Crippen molar-refractivity contribution in [3.8, 4) is 6.07 Å². The average Bonchev–Trinajstić information content (AvgIpc) is 2.55. The first-order chi connectivity index (χ1) is 11.4. The molecule has 1 aromatic heterocycles. The quantitative estimate of drug-likeness (QED) is 0.643. The Morgan fingerprint density at radius 2 is 2.33 bits per heavy atom. The third-order valence-corrected chi connectivity index (χ3v) is 4.48. The summed E-state index contributed by atoms with van der Waals surface area (Å²) in [6.07, 6.45) is 5.64. The van der Waals surface area contributed by atoms with Gasteiger partial charge in [-0.05, 0) is 44.5 Å². The zero-order chi connectivity index (χ0) is 17.7. The van der Waals surface area contributed by atoms with E-state index < -0.39 is 5.41 Å². The van der Waals surface area contributed by atoms with Crippen molar-refractivity contribution < 1.29 is 0 Å². The first-order valence-corrected chi connectivity index (χ1v) is 8.43. The fourth-order valence-electron chi connectivity index (χ4n) is 2.91. The Bertz CT molecular complexity index is 674. The Labute approximate surface area is 145 Å². The second-order valence-electron chi connectivity index (χ2n) is 6.86. The van der Waals surface area contributed by atoms with Crippen molar-refractivity contribution in [2.75, 3.05) is 16.8 Å². The first kappa shape index (κ1) is 17.9. The van der Waals surface area contributed by atoms with Crippen molar-refractivity contribution in [2.45, 2.75) is 44.9 Å². The number of nitrogens with zero attached hydrogens (tertiary/aromatic N) is 3. The maximum atomic E-state index is 9.50. The minimum atomic E-state index is -0.593. The molecular formula is C18H26BN5. The SMILES string of the molecule is C=C/C=C(\N)Nc1cc(C(C)(C)C#N)cc(N2CCBCC2C)n1. The number of hydrogen-bond donors (Lipinski definition) is 2. The molecule has 2 heterocycles. The highest BCUT2D eigenvalue weighted by Crippen LogP contribution is 2.30. The van der Waals surface area contributed by atoms with E-state index in [9.17, 15) is 5.26 Å². The summed E-state index contributed by atoms with van der Waals surface area (Å²) >= 11 is 0. The third kappa shape index (κ3) is 4.11. The highest BCUT2D eigenvalue weighted by Gasteiger charge is 2.25. The molecule has 24 heavy (non-hydrogen) atoms. The van der Waals surface area contributed by atoms with E-state index in [2.05, 4.69) is 29.8 Å². The fraction of sp³-hybridized carbons (Fsp3) is 0.444. The molecule has 0 saturated carbocycles. The standard InChI is InChI=1S/C18H26BN5/c1-5-6-15(21)22-16-9-14(18(3,4)12-20)10-17(23-16)24-8-7-19-11-13(24)2/h5-6,9-10,13,19H,1,7-8,11,21H2,2-4H3,(H,22,23)/b15-6+. The van der Waals surface area contributed by atoms with Gasteiger partial charge in [-0.25, -0.2) is 4.98 Å². The van der Waals surface area contributed by atoms with Crippen molar-refractivity contribution in [1.29, 1.82) is 5.26 Å². The summed E-state index contributed by atoms with van der Waals surface area (Å²) in [4.78, 5) is 7.05. The van der Waals surface area contributed by atoms with Crippen LogP contribution in [-0.2, 0) is 5.41 Å². The molecule has 0 bridgehead atoms. The van der Waals surface area contributed by atoms with E-state index in [0.29, 0.717) is 17.7 Å². The van der Waals surface area contributed by atoms with Crippen LogP contribution in [0.4, 0.5) is 11.6 Å². The molecule has 5 nitrogen and oxygen atoms in total. The van der Waals surface area contributed by atoms with Crippen molar-refractivity contribution in [3.05, 3.63) is 42.2 Å². The molecule has 1 aliphatic heterocycles. The van der Waals surface area contributed by atoms with E-state index in [-0.39, 0.29) is 0 Å². The molecule has 1 saturated heterocycles. The Morgan fingerprint density at radius 3 is 2.96 bits per heavy atom. The van der Waals surface area contributed by atoms with Crippen molar-refractivity contribution >= 4 is 18.9 Å². The number of allylic oxidation sites excluding steroid dienone is 2. The van der Waals surface area contributed by atoms with E-state index in [0.717, 1.165) is 24.2 Å². The monoisotopic (exact) mass is 323 g/mol. The van der Waals surface area contributed by atoms with Crippen LogP contribution >= 0.6 is 0 Å². The van der Waals surface area contributed by atoms with Gasteiger partial charge in [-0.1, -0.05) is 25.3 Å². The van der Waals surface area contributed by atoms with Crippen LogP contribution in [0.2, 0.25) is 12.6 Å². The number of anilines is 2. The molecule has 1 atom stereocenters. The van der Waals surface area contributed by atoms with Crippen molar-refractivity contribution in [2.24, 2.45) is 5.73 Å². The third-order valence-electron chi connectivity index (χ3n) is 4.48. The van der Waals surface area contributed by atoms with E-state index in [1.807, 2.05) is 26.0 Å². The molecular weight excluding hydrogens is 297 g/mol. The minimum absolute atomic E-state index is 0.445. The average molecular weight is 323 g/mol. The predicted molar refractivity (Wildman–Crippen MR) is 103 cm³/mol. The molecule has 0 spiro atoms. The Kier molecular flexibility index (Phi) is 5.56. The maximum absolute atomic E-state index is 9.50. The molecule has 2 rings (SSSR count). The van der Waals surface area contributed by atoms with Crippen molar-refractivity contribution in [1.82, 2.24) is 4.98 Å². The zero-order valence-electron chi connectivity index (χ0n) is 14.8. The van der Waals surface area contributed by atoms with E-state index in [1.165, 1.54) is 13.6 Å². The highest BCUT2D eigenvalue weighted by molar-refractivity contribution is 6.36. The molecule has 3 N–H and O–H groups in total. The van der Waals surface area contributed by atoms with Gasteiger partial charge in [0.15, 0.2) is 0 Å². The van der Waals surface area contributed by atoms with Crippen LogP contribution in [0.25, 0.3) is 0 Å². The van der Waals surface area contributed by atoms with Gasteiger partial charge in [-0.3, -0.25) is 0 Å². The van der Waals surface area contributed by atoms with Gasteiger partial charge in [0, 0.05) is 12.6 Å². The van der Waals surface area contributed by atoms with Crippen LogP contribution in [0.3, 0.4) is 0 Å². The number of nitrogens with one attached hydrogen (secondary N) is 1. The Morgan fingerprint density at radius 1 is 1.58 bits per heavy atom. The van der Waals surface area contributed by atoms with Gasteiger partial charge in [-0.2, -0.15) is 5.26 Å².